The fraction of sp³-hybridized carbons (Fsp3) is 0.238. The average Bonchev–Trinajstić information content (AvgIpc) is 3.33. The summed E-state index contributed by atoms with van der Waals surface area (Å²) in [5.74, 6) is 1.44. The van der Waals surface area contributed by atoms with Gasteiger partial charge in [0.2, 0.25) is 15.0 Å². The van der Waals surface area contributed by atoms with E-state index in [0.717, 1.165) is 21.1 Å². The lowest BCUT2D eigenvalue weighted by Gasteiger charge is -2.11. The molecule has 0 aliphatic rings. The fourth-order valence-electron chi connectivity index (χ4n) is 3.20. The standard InChI is InChI=1S/C21H21ClN4O4S2/c1-13-19(31-21-24-20(25-26(13)21)14-4-6-15(22)7-5-14)10-11-23-32(27,28)16-8-9-17(29-2)18(12-16)30-3/h4-9,12,23H,10-11H2,1-3H3. The molecule has 4 aromatic rings. The van der Waals surface area contributed by atoms with Gasteiger partial charge in [0.1, 0.15) is 0 Å². The fourth-order valence-corrected chi connectivity index (χ4v) is 5.43. The molecule has 8 nitrogen and oxygen atoms in total. The third kappa shape index (κ3) is 4.44. The van der Waals surface area contributed by atoms with Gasteiger partial charge in [-0.1, -0.05) is 22.9 Å². The van der Waals surface area contributed by atoms with Crippen molar-refractivity contribution >= 4 is 37.9 Å². The van der Waals surface area contributed by atoms with Crippen LogP contribution in [0.3, 0.4) is 0 Å². The summed E-state index contributed by atoms with van der Waals surface area (Å²) >= 11 is 7.44. The maximum absolute atomic E-state index is 12.7. The molecule has 4 rings (SSSR count). The van der Waals surface area contributed by atoms with Gasteiger partial charge < -0.3 is 9.47 Å². The van der Waals surface area contributed by atoms with E-state index >= 15 is 0 Å². The monoisotopic (exact) mass is 492 g/mol. The van der Waals surface area contributed by atoms with Crippen LogP contribution in [0.5, 0.6) is 11.5 Å². The van der Waals surface area contributed by atoms with E-state index in [4.69, 9.17) is 21.1 Å². The summed E-state index contributed by atoms with van der Waals surface area (Å²) in [6.07, 6.45) is 0.518. The van der Waals surface area contributed by atoms with Crippen molar-refractivity contribution in [1.29, 1.82) is 0 Å². The minimum absolute atomic E-state index is 0.113. The highest BCUT2D eigenvalue weighted by Gasteiger charge is 2.18. The van der Waals surface area contributed by atoms with Gasteiger partial charge in [-0.15, -0.1) is 5.10 Å². The first kappa shape index (κ1) is 22.5. The van der Waals surface area contributed by atoms with E-state index in [-0.39, 0.29) is 11.4 Å². The Morgan fingerprint density at radius 1 is 1.09 bits per heavy atom. The number of halogens is 1. The minimum Gasteiger partial charge on any atom is -0.493 e. The van der Waals surface area contributed by atoms with E-state index in [1.54, 1.807) is 22.7 Å². The van der Waals surface area contributed by atoms with Crippen molar-refractivity contribution in [2.45, 2.75) is 18.2 Å². The molecule has 168 valence electrons. The van der Waals surface area contributed by atoms with Gasteiger partial charge >= 0.3 is 0 Å². The van der Waals surface area contributed by atoms with E-state index < -0.39 is 10.0 Å². The van der Waals surface area contributed by atoms with Gasteiger partial charge in [0.25, 0.3) is 0 Å². The molecule has 0 aliphatic carbocycles. The number of aromatic nitrogens is 3. The van der Waals surface area contributed by atoms with Crippen molar-refractivity contribution in [2.24, 2.45) is 0 Å². The molecule has 0 saturated carbocycles. The van der Waals surface area contributed by atoms with Gasteiger partial charge in [-0.3, -0.25) is 0 Å². The first-order valence-corrected chi connectivity index (χ1v) is 12.3. The Morgan fingerprint density at radius 2 is 1.81 bits per heavy atom. The molecule has 2 aromatic carbocycles. The van der Waals surface area contributed by atoms with E-state index in [1.807, 2.05) is 19.1 Å². The van der Waals surface area contributed by atoms with Crippen molar-refractivity contribution in [2.75, 3.05) is 20.8 Å². The van der Waals surface area contributed by atoms with Gasteiger partial charge in [0, 0.05) is 28.1 Å². The summed E-state index contributed by atoms with van der Waals surface area (Å²) in [5, 5.41) is 5.24. The molecule has 11 heteroatoms. The van der Waals surface area contributed by atoms with Gasteiger partial charge in [0.05, 0.1) is 24.8 Å². The summed E-state index contributed by atoms with van der Waals surface area (Å²) in [5.41, 5.74) is 1.82. The second-order valence-electron chi connectivity index (χ2n) is 6.91. The molecule has 0 aliphatic heterocycles. The normalized spacial score (nSPS) is 11.8. The van der Waals surface area contributed by atoms with Crippen LogP contribution < -0.4 is 14.2 Å². The summed E-state index contributed by atoms with van der Waals surface area (Å²) in [6, 6.07) is 11.8. The van der Waals surface area contributed by atoms with Crippen molar-refractivity contribution < 1.29 is 17.9 Å². The number of ether oxygens (including phenoxy) is 2. The highest BCUT2D eigenvalue weighted by atomic mass is 35.5. The summed E-state index contributed by atoms with van der Waals surface area (Å²) in [4.78, 5) is 6.48. The zero-order valence-corrected chi connectivity index (χ0v) is 20.0. The van der Waals surface area contributed by atoms with Crippen molar-refractivity contribution in [3.8, 4) is 22.9 Å². The maximum Gasteiger partial charge on any atom is 0.240 e. The molecular formula is C21H21ClN4O4S2. The predicted molar refractivity (Wildman–Crippen MR) is 124 cm³/mol. The van der Waals surface area contributed by atoms with Crippen molar-refractivity contribution in [3.05, 3.63) is 58.1 Å². The molecule has 1 N–H and O–H groups in total. The van der Waals surface area contributed by atoms with Crippen LogP contribution in [-0.2, 0) is 16.4 Å². The molecule has 0 bridgehead atoms. The Labute approximate surface area is 194 Å². The number of nitrogens with one attached hydrogen (secondary N) is 1. The van der Waals surface area contributed by atoms with E-state index in [2.05, 4.69) is 14.8 Å². The van der Waals surface area contributed by atoms with Crippen LogP contribution in [0.2, 0.25) is 5.02 Å². The maximum atomic E-state index is 12.7. The molecular weight excluding hydrogens is 472 g/mol. The number of hydrogen-bond donors (Lipinski definition) is 1. The number of sulfonamides is 1. The topological polar surface area (TPSA) is 94.8 Å². The van der Waals surface area contributed by atoms with Crippen molar-refractivity contribution in [3.63, 3.8) is 0 Å². The van der Waals surface area contributed by atoms with Gasteiger partial charge in [0.15, 0.2) is 17.3 Å². The number of hydrogen-bond acceptors (Lipinski definition) is 7. The molecule has 0 spiro atoms. The summed E-state index contributed by atoms with van der Waals surface area (Å²) < 4.78 is 40.1. The highest BCUT2D eigenvalue weighted by molar-refractivity contribution is 7.89. The zero-order valence-electron chi connectivity index (χ0n) is 17.6. The second-order valence-corrected chi connectivity index (χ2v) is 10.2. The number of methoxy groups -OCH3 is 2. The second kappa shape index (κ2) is 9.07. The van der Waals surface area contributed by atoms with E-state index in [0.29, 0.717) is 28.8 Å². The number of benzene rings is 2. The van der Waals surface area contributed by atoms with E-state index in [1.165, 1.54) is 37.7 Å². The molecule has 2 heterocycles. The number of thiazole rings is 1. The molecule has 0 fully saturated rings. The first-order valence-electron chi connectivity index (χ1n) is 9.65. The van der Waals surface area contributed by atoms with E-state index in [9.17, 15) is 8.42 Å². The largest absolute Gasteiger partial charge is 0.493 e. The predicted octanol–water partition coefficient (Wildman–Crippen LogP) is 3.96. The zero-order chi connectivity index (χ0) is 22.9. The van der Waals surface area contributed by atoms with Crippen LogP contribution in [-0.4, -0.2) is 43.8 Å². The third-order valence-electron chi connectivity index (χ3n) is 4.93. The SMILES string of the molecule is COc1ccc(S(=O)(=O)NCCc2sc3nc(-c4ccc(Cl)cc4)nn3c2C)cc1OC. The van der Waals surface area contributed by atoms with Crippen LogP contribution in [0.25, 0.3) is 16.3 Å². The molecule has 0 radical (unpaired) electrons. The summed E-state index contributed by atoms with van der Waals surface area (Å²) in [7, 11) is -0.734. The Hall–Kier alpha value is -2.66. The van der Waals surface area contributed by atoms with Crippen LogP contribution in [0.4, 0.5) is 0 Å². The molecule has 0 unspecified atom stereocenters. The Morgan fingerprint density at radius 3 is 2.47 bits per heavy atom. The van der Waals surface area contributed by atoms with Crippen LogP contribution in [0.1, 0.15) is 10.6 Å². The van der Waals surface area contributed by atoms with Crippen LogP contribution in [0, 0.1) is 6.92 Å². The number of nitrogens with zero attached hydrogens (tertiary/aromatic N) is 3. The average molecular weight is 493 g/mol. The molecule has 2 aromatic heterocycles. The summed E-state index contributed by atoms with van der Waals surface area (Å²) in [6.45, 7) is 2.19. The lowest BCUT2D eigenvalue weighted by atomic mass is 10.2. The van der Waals surface area contributed by atoms with Gasteiger partial charge in [-0.05, 0) is 49.7 Å². The van der Waals surface area contributed by atoms with Crippen LogP contribution >= 0.6 is 22.9 Å². The Kier molecular flexibility index (Phi) is 6.38. The Balaban J connectivity index is 1.47. The van der Waals surface area contributed by atoms with Gasteiger partial charge in [-0.25, -0.2) is 17.7 Å². The number of rotatable bonds is 8. The van der Waals surface area contributed by atoms with Gasteiger partial charge in [-0.2, -0.15) is 4.98 Å². The number of aryl methyl sites for hydroxylation is 1. The molecule has 32 heavy (non-hydrogen) atoms. The lowest BCUT2D eigenvalue weighted by Crippen LogP contribution is -2.26. The lowest BCUT2D eigenvalue weighted by molar-refractivity contribution is 0.354. The molecule has 0 atom stereocenters. The minimum atomic E-state index is -3.69. The highest BCUT2D eigenvalue weighted by Crippen LogP contribution is 2.29. The quantitative estimate of drug-likeness (QED) is 0.400. The third-order valence-corrected chi connectivity index (χ3v) is 7.83. The first-order chi connectivity index (χ1) is 15.3. The Bertz CT molecular complexity index is 1360. The smallest absolute Gasteiger partial charge is 0.240 e. The van der Waals surface area contributed by atoms with Crippen LogP contribution in [0.15, 0.2) is 47.4 Å². The number of fused-ring (bicyclic) bond motifs is 1. The molecule has 0 amide bonds. The molecule has 0 saturated heterocycles. The van der Waals surface area contributed by atoms with Crippen molar-refractivity contribution in [1.82, 2.24) is 19.3 Å².